The highest BCUT2D eigenvalue weighted by Crippen LogP contribution is 2.27. The van der Waals surface area contributed by atoms with Crippen LogP contribution < -0.4 is 15.8 Å². The number of pyridine rings is 1. The number of aromatic nitrogens is 5. The quantitative estimate of drug-likeness (QED) is 0.287. The molecule has 37 heavy (non-hydrogen) atoms. The second-order valence-electron chi connectivity index (χ2n) is 8.27. The summed E-state index contributed by atoms with van der Waals surface area (Å²) in [6.45, 7) is 2.25. The van der Waals surface area contributed by atoms with Crippen molar-refractivity contribution in [2.45, 2.75) is 19.6 Å². The molecule has 12 heteroatoms. The minimum absolute atomic E-state index is 0.0960. The number of amides is 1. The highest BCUT2D eigenvalue weighted by atomic mass is 16.5. The summed E-state index contributed by atoms with van der Waals surface area (Å²) in [7, 11) is 3.00. The number of hydrogen-bond donors (Lipinski definition) is 2. The van der Waals surface area contributed by atoms with E-state index >= 15 is 0 Å². The lowest BCUT2D eigenvalue weighted by molar-refractivity contribution is -0.117. The minimum atomic E-state index is -0.314. The Labute approximate surface area is 212 Å². The first-order valence-electron chi connectivity index (χ1n) is 11.4. The molecule has 0 aliphatic heterocycles. The lowest BCUT2D eigenvalue weighted by Gasteiger charge is -2.13. The number of nitrogens with one attached hydrogen (secondary N) is 1. The van der Waals surface area contributed by atoms with Gasteiger partial charge in [0.15, 0.2) is 11.4 Å². The SMILES string of the molecule is COCC(=O)C=C(N)c1nnc2c3ccccc3c(OCc3ccc(C(=O)N[C@@H](C)COC)cn3)nn12. The van der Waals surface area contributed by atoms with Crippen LogP contribution in [0.2, 0.25) is 0 Å². The molecule has 3 aromatic heterocycles. The van der Waals surface area contributed by atoms with Crippen LogP contribution in [0.3, 0.4) is 0 Å². The van der Waals surface area contributed by atoms with Gasteiger partial charge in [-0.2, -0.15) is 4.52 Å². The molecule has 192 valence electrons. The van der Waals surface area contributed by atoms with Crippen molar-refractivity contribution in [3.8, 4) is 5.88 Å². The number of nitrogens with zero attached hydrogens (tertiary/aromatic N) is 5. The average molecular weight is 506 g/mol. The number of nitrogens with two attached hydrogens (primary N) is 1. The van der Waals surface area contributed by atoms with E-state index in [9.17, 15) is 9.59 Å². The van der Waals surface area contributed by atoms with Crippen molar-refractivity contribution in [3.63, 3.8) is 0 Å². The highest BCUT2D eigenvalue weighted by Gasteiger charge is 2.17. The number of benzene rings is 1. The Morgan fingerprint density at radius 2 is 1.89 bits per heavy atom. The van der Waals surface area contributed by atoms with Crippen LogP contribution in [0.4, 0.5) is 0 Å². The van der Waals surface area contributed by atoms with Crippen LogP contribution in [-0.2, 0) is 20.9 Å². The van der Waals surface area contributed by atoms with Crippen molar-refractivity contribution in [2.75, 3.05) is 27.4 Å². The van der Waals surface area contributed by atoms with Crippen LogP contribution in [0.5, 0.6) is 5.88 Å². The number of ketones is 1. The van der Waals surface area contributed by atoms with Crippen molar-refractivity contribution < 1.29 is 23.8 Å². The molecule has 3 N–H and O–H groups in total. The molecule has 0 aliphatic rings. The van der Waals surface area contributed by atoms with Gasteiger partial charge in [-0.1, -0.05) is 18.2 Å². The molecule has 0 bridgehead atoms. The summed E-state index contributed by atoms with van der Waals surface area (Å²) < 4.78 is 17.3. The second-order valence-corrected chi connectivity index (χ2v) is 8.27. The smallest absolute Gasteiger partial charge is 0.253 e. The lowest BCUT2D eigenvalue weighted by atomic mass is 10.2. The number of hydrogen-bond acceptors (Lipinski definition) is 10. The van der Waals surface area contributed by atoms with E-state index in [4.69, 9.17) is 19.9 Å². The highest BCUT2D eigenvalue weighted by molar-refractivity contribution is 5.98. The van der Waals surface area contributed by atoms with Crippen molar-refractivity contribution >= 4 is 33.8 Å². The van der Waals surface area contributed by atoms with Crippen molar-refractivity contribution in [3.05, 3.63) is 65.8 Å². The third kappa shape index (κ3) is 5.88. The molecule has 0 saturated carbocycles. The molecule has 1 amide bonds. The first-order valence-corrected chi connectivity index (χ1v) is 11.4. The summed E-state index contributed by atoms with van der Waals surface area (Å²) in [4.78, 5) is 28.6. The Kier molecular flexibility index (Phi) is 8.01. The molecule has 4 rings (SSSR count). The summed E-state index contributed by atoms with van der Waals surface area (Å²) in [5.41, 5.74) is 7.70. The van der Waals surface area contributed by atoms with Crippen molar-refractivity contribution in [1.29, 1.82) is 0 Å². The largest absolute Gasteiger partial charge is 0.470 e. The van der Waals surface area contributed by atoms with Gasteiger partial charge in [0.1, 0.15) is 13.2 Å². The molecular formula is C25H27N7O5. The molecule has 12 nitrogen and oxygen atoms in total. The fourth-order valence-electron chi connectivity index (χ4n) is 3.65. The number of fused-ring (bicyclic) bond motifs is 3. The molecular weight excluding hydrogens is 478 g/mol. The van der Waals surface area contributed by atoms with E-state index in [0.29, 0.717) is 29.4 Å². The number of methoxy groups -OCH3 is 2. The van der Waals surface area contributed by atoms with E-state index in [-0.39, 0.29) is 42.5 Å². The fraction of sp³-hybridized carbons (Fsp3) is 0.280. The lowest BCUT2D eigenvalue weighted by Crippen LogP contribution is -2.35. The molecule has 1 atom stereocenters. The molecule has 3 heterocycles. The predicted octanol–water partition coefficient (Wildman–Crippen LogP) is 1.53. The Hall–Kier alpha value is -4.42. The van der Waals surface area contributed by atoms with Gasteiger partial charge in [-0.05, 0) is 25.1 Å². The molecule has 0 unspecified atom stereocenters. The Morgan fingerprint density at radius 1 is 1.11 bits per heavy atom. The number of rotatable bonds is 11. The van der Waals surface area contributed by atoms with Gasteiger partial charge in [-0.25, -0.2) is 0 Å². The summed E-state index contributed by atoms with van der Waals surface area (Å²) in [5.74, 6) is -0.0498. The van der Waals surface area contributed by atoms with Gasteiger partial charge in [0, 0.05) is 43.3 Å². The van der Waals surface area contributed by atoms with Crippen LogP contribution in [-0.4, -0.2) is 70.0 Å². The first kappa shape index (κ1) is 25.7. The van der Waals surface area contributed by atoms with E-state index in [1.165, 1.54) is 23.9 Å². The summed E-state index contributed by atoms with van der Waals surface area (Å²) >= 11 is 0. The standard InChI is InChI=1S/C25H27N7O5/c1-15(12-35-2)28-24(34)16-8-9-17(27-11-16)13-37-25-20-7-5-4-6-19(20)22-29-30-23(32(22)31-25)21(26)10-18(33)14-36-3/h4-11,15H,12-14,26H2,1-3H3,(H,28,34)/t15-/m0/s1. The van der Waals surface area contributed by atoms with E-state index < -0.39 is 0 Å². The van der Waals surface area contributed by atoms with Gasteiger partial charge in [0.05, 0.1) is 23.6 Å². The van der Waals surface area contributed by atoms with Crippen LogP contribution >= 0.6 is 0 Å². The molecule has 4 aromatic rings. The van der Waals surface area contributed by atoms with E-state index in [2.05, 4.69) is 25.6 Å². The van der Waals surface area contributed by atoms with Gasteiger partial charge in [0.2, 0.25) is 11.7 Å². The minimum Gasteiger partial charge on any atom is -0.470 e. The Morgan fingerprint density at radius 3 is 2.59 bits per heavy atom. The third-order valence-electron chi connectivity index (χ3n) is 5.33. The van der Waals surface area contributed by atoms with Gasteiger partial charge in [0.25, 0.3) is 5.91 Å². The summed E-state index contributed by atoms with van der Waals surface area (Å²) in [6.07, 6.45) is 2.72. The van der Waals surface area contributed by atoms with E-state index in [1.54, 1.807) is 19.2 Å². The molecule has 0 radical (unpaired) electrons. The molecule has 0 aliphatic carbocycles. The second kappa shape index (κ2) is 11.5. The topological polar surface area (TPSA) is 156 Å². The zero-order chi connectivity index (χ0) is 26.4. The maximum absolute atomic E-state index is 12.4. The fourth-order valence-corrected chi connectivity index (χ4v) is 3.65. The molecule has 0 fully saturated rings. The molecule has 0 spiro atoms. The molecule has 0 saturated heterocycles. The average Bonchev–Trinajstić information content (AvgIpc) is 3.32. The number of carbonyl (C=O) groups is 2. The first-order chi connectivity index (χ1) is 17.9. The molecule has 1 aromatic carbocycles. The predicted molar refractivity (Wildman–Crippen MR) is 135 cm³/mol. The summed E-state index contributed by atoms with van der Waals surface area (Å²) in [5, 5.41) is 17.2. The van der Waals surface area contributed by atoms with Crippen molar-refractivity contribution in [1.82, 2.24) is 30.1 Å². The Bertz CT molecular complexity index is 1450. The Balaban J connectivity index is 1.58. The van der Waals surface area contributed by atoms with Crippen LogP contribution in [0.15, 0.2) is 48.7 Å². The zero-order valence-corrected chi connectivity index (χ0v) is 20.7. The number of ether oxygens (including phenoxy) is 3. The van der Waals surface area contributed by atoms with Crippen LogP contribution in [0, 0.1) is 0 Å². The maximum Gasteiger partial charge on any atom is 0.253 e. The number of carbonyl (C=O) groups excluding carboxylic acids is 2. The van der Waals surface area contributed by atoms with Gasteiger partial charge in [-0.15, -0.1) is 15.3 Å². The van der Waals surface area contributed by atoms with Crippen molar-refractivity contribution in [2.24, 2.45) is 5.73 Å². The van der Waals surface area contributed by atoms with Gasteiger partial charge in [-0.3, -0.25) is 14.6 Å². The monoisotopic (exact) mass is 505 g/mol. The van der Waals surface area contributed by atoms with Gasteiger partial charge >= 0.3 is 0 Å². The summed E-state index contributed by atoms with van der Waals surface area (Å²) in [6, 6.07) is 10.7. The third-order valence-corrected chi connectivity index (χ3v) is 5.33. The maximum atomic E-state index is 12.4. The van der Waals surface area contributed by atoms with Crippen LogP contribution in [0.1, 0.15) is 28.8 Å². The van der Waals surface area contributed by atoms with Gasteiger partial charge < -0.3 is 25.3 Å². The zero-order valence-electron chi connectivity index (χ0n) is 20.7. The van der Waals surface area contributed by atoms with E-state index in [1.807, 2.05) is 31.2 Å². The van der Waals surface area contributed by atoms with E-state index in [0.717, 1.165) is 10.8 Å². The normalized spacial score (nSPS) is 12.6. The van der Waals surface area contributed by atoms with Crippen LogP contribution in [0.25, 0.3) is 22.1 Å².